The van der Waals surface area contributed by atoms with E-state index in [2.05, 4.69) is 31.0 Å². The summed E-state index contributed by atoms with van der Waals surface area (Å²) in [7, 11) is 0. The Kier molecular flexibility index (Phi) is 5.48. The minimum Gasteiger partial charge on any atom is -0.339 e. The Bertz CT molecular complexity index is 1180. The van der Waals surface area contributed by atoms with Crippen LogP contribution in [0.1, 0.15) is 29.9 Å². The van der Waals surface area contributed by atoms with Gasteiger partial charge in [0.25, 0.3) is 0 Å². The second kappa shape index (κ2) is 8.39. The van der Waals surface area contributed by atoms with Crippen molar-refractivity contribution in [1.29, 1.82) is 0 Å². The Labute approximate surface area is 180 Å². The molecule has 1 aromatic carbocycles. The molecule has 0 radical (unpaired) electrons. The van der Waals surface area contributed by atoms with Crippen molar-refractivity contribution in [1.82, 2.24) is 29.8 Å². The first-order valence-electron chi connectivity index (χ1n) is 9.96. The van der Waals surface area contributed by atoms with Crippen LogP contribution in [-0.2, 0) is 4.79 Å². The van der Waals surface area contributed by atoms with Crippen molar-refractivity contribution < 1.29 is 4.79 Å². The first-order chi connectivity index (χ1) is 14.9. The maximum absolute atomic E-state index is 12.4. The number of hydrogen-bond acceptors (Lipinski definition) is 6. The second-order valence-electron chi connectivity index (χ2n) is 7.34. The number of benzene rings is 1. The van der Waals surface area contributed by atoms with Gasteiger partial charge in [0, 0.05) is 29.5 Å². The lowest BCUT2D eigenvalue weighted by Gasteiger charge is -2.13. The monoisotopic (exact) mass is 416 g/mol. The number of rotatable bonds is 6. The summed E-state index contributed by atoms with van der Waals surface area (Å²) in [5, 5.41) is 23.3. The lowest BCUT2D eigenvalue weighted by atomic mass is 10.2. The number of aryl methyl sites for hydroxylation is 1. The van der Waals surface area contributed by atoms with E-state index >= 15 is 0 Å². The van der Waals surface area contributed by atoms with Gasteiger partial charge in [0.05, 0.1) is 5.69 Å². The molecule has 0 aliphatic carbocycles. The lowest BCUT2D eigenvalue weighted by molar-refractivity contribution is -0.119. The predicted molar refractivity (Wildman–Crippen MR) is 119 cm³/mol. The lowest BCUT2D eigenvalue weighted by Crippen LogP contribution is -2.23. The van der Waals surface area contributed by atoms with Crippen LogP contribution in [0, 0.1) is 20.8 Å². The summed E-state index contributed by atoms with van der Waals surface area (Å²) >= 11 is 0. The van der Waals surface area contributed by atoms with E-state index in [0.29, 0.717) is 17.3 Å². The molecule has 2 N–H and O–H groups in total. The molecule has 0 saturated carbocycles. The van der Waals surface area contributed by atoms with Crippen LogP contribution in [0.4, 0.5) is 17.2 Å². The molecular formula is C22H24N8O. The van der Waals surface area contributed by atoms with Gasteiger partial charge in [0.1, 0.15) is 6.04 Å². The summed E-state index contributed by atoms with van der Waals surface area (Å²) in [5.41, 5.74) is 4.72. The minimum atomic E-state index is -0.396. The average Bonchev–Trinajstić information content (AvgIpc) is 3.40. The Hall–Kier alpha value is -4.01. The van der Waals surface area contributed by atoms with E-state index in [0.717, 1.165) is 22.6 Å². The number of amides is 1. The Morgan fingerprint density at radius 1 is 1.00 bits per heavy atom. The zero-order valence-electron chi connectivity index (χ0n) is 17.9. The molecule has 158 valence electrons. The molecule has 1 amide bonds. The summed E-state index contributed by atoms with van der Waals surface area (Å²) in [5.74, 6) is 1.15. The highest BCUT2D eigenvalue weighted by Gasteiger charge is 2.15. The van der Waals surface area contributed by atoms with Gasteiger partial charge in [-0.3, -0.25) is 9.48 Å². The van der Waals surface area contributed by atoms with Gasteiger partial charge in [0.2, 0.25) is 5.91 Å². The molecule has 0 spiro atoms. The van der Waals surface area contributed by atoms with Crippen LogP contribution in [-0.4, -0.2) is 35.7 Å². The molecule has 31 heavy (non-hydrogen) atoms. The van der Waals surface area contributed by atoms with Crippen molar-refractivity contribution in [2.75, 3.05) is 10.6 Å². The first-order valence-corrected chi connectivity index (χ1v) is 9.96. The number of anilines is 3. The molecule has 0 saturated heterocycles. The fourth-order valence-corrected chi connectivity index (χ4v) is 3.11. The largest absolute Gasteiger partial charge is 0.339 e. The van der Waals surface area contributed by atoms with Gasteiger partial charge < -0.3 is 10.6 Å². The highest BCUT2D eigenvalue weighted by molar-refractivity contribution is 5.93. The van der Waals surface area contributed by atoms with E-state index in [1.165, 1.54) is 0 Å². The van der Waals surface area contributed by atoms with Gasteiger partial charge in [-0.25, -0.2) is 4.68 Å². The van der Waals surface area contributed by atoms with E-state index in [4.69, 9.17) is 0 Å². The van der Waals surface area contributed by atoms with Crippen molar-refractivity contribution in [2.24, 2.45) is 0 Å². The van der Waals surface area contributed by atoms with E-state index in [9.17, 15) is 4.79 Å². The van der Waals surface area contributed by atoms with Crippen molar-refractivity contribution in [2.45, 2.75) is 33.7 Å². The molecule has 9 nitrogen and oxygen atoms in total. The topological polar surface area (TPSA) is 103 Å². The average molecular weight is 416 g/mol. The maximum Gasteiger partial charge on any atom is 0.248 e. The molecule has 0 aliphatic heterocycles. The predicted octanol–water partition coefficient (Wildman–Crippen LogP) is 3.73. The molecular weight excluding hydrogens is 392 g/mol. The summed E-state index contributed by atoms with van der Waals surface area (Å²) < 4.78 is 3.41. The summed E-state index contributed by atoms with van der Waals surface area (Å²) in [6.07, 6.45) is 3.41. The number of hydrogen-bond donors (Lipinski definition) is 2. The standard InChI is InChI=1S/C22H24N8O/c1-14-15(2)28-30(16(14)3)21-11-10-20(26-27-21)24-18-6-8-19(9-7-18)25-22(31)17(4)29-13-5-12-23-29/h5-13,17H,1-4H3,(H,24,26)(H,25,31). The minimum absolute atomic E-state index is 0.134. The third-order valence-electron chi connectivity index (χ3n) is 5.25. The number of carbonyl (C=O) groups excluding carboxylic acids is 1. The first kappa shape index (κ1) is 20.3. The molecule has 3 heterocycles. The van der Waals surface area contributed by atoms with Crippen LogP contribution in [0.5, 0.6) is 0 Å². The van der Waals surface area contributed by atoms with Crippen LogP contribution in [0.15, 0.2) is 54.9 Å². The number of nitrogens with zero attached hydrogens (tertiary/aromatic N) is 6. The number of aromatic nitrogens is 6. The summed E-state index contributed by atoms with van der Waals surface area (Å²) in [6, 6.07) is 12.5. The fraction of sp³-hybridized carbons (Fsp3) is 0.227. The van der Waals surface area contributed by atoms with Gasteiger partial charge in [0.15, 0.2) is 11.6 Å². The van der Waals surface area contributed by atoms with Gasteiger partial charge in [-0.1, -0.05) is 0 Å². The van der Waals surface area contributed by atoms with Crippen molar-refractivity contribution >= 4 is 23.1 Å². The summed E-state index contributed by atoms with van der Waals surface area (Å²) in [4.78, 5) is 12.4. The Balaban J connectivity index is 1.40. The molecule has 0 bridgehead atoms. The molecule has 1 unspecified atom stereocenters. The zero-order valence-corrected chi connectivity index (χ0v) is 17.9. The molecule has 1 atom stereocenters. The third-order valence-corrected chi connectivity index (χ3v) is 5.25. The van der Waals surface area contributed by atoms with Crippen LogP contribution in [0.25, 0.3) is 5.82 Å². The molecule has 0 aliphatic rings. The quantitative estimate of drug-likeness (QED) is 0.497. The smallest absolute Gasteiger partial charge is 0.248 e. The van der Waals surface area contributed by atoms with Crippen molar-refractivity contribution in [3.05, 3.63) is 71.8 Å². The molecule has 9 heteroatoms. The van der Waals surface area contributed by atoms with E-state index in [1.54, 1.807) is 34.7 Å². The van der Waals surface area contributed by atoms with Crippen LogP contribution in [0.3, 0.4) is 0 Å². The van der Waals surface area contributed by atoms with Gasteiger partial charge in [-0.2, -0.15) is 10.2 Å². The second-order valence-corrected chi connectivity index (χ2v) is 7.34. The number of carbonyl (C=O) groups is 1. The zero-order chi connectivity index (χ0) is 22.0. The molecule has 4 rings (SSSR count). The van der Waals surface area contributed by atoms with Gasteiger partial charge in [-0.15, -0.1) is 10.2 Å². The highest BCUT2D eigenvalue weighted by atomic mass is 16.2. The van der Waals surface area contributed by atoms with E-state index in [1.807, 2.05) is 57.2 Å². The molecule has 0 fully saturated rings. The van der Waals surface area contributed by atoms with Crippen molar-refractivity contribution in [3.8, 4) is 5.82 Å². The van der Waals surface area contributed by atoms with Crippen molar-refractivity contribution in [3.63, 3.8) is 0 Å². The Morgan fingerprint density at radius 2 is 1.74 bits per heavy atom. The normalized spacial score (nSPS) is 11.9. The summed E-state index contributed by atoms with van der Waals surface area (Å²) in [6.45, 7) is 7.83. The van der Waals surface area contributed by atoms with Gasteiger partial charge in [-0.05, 0) is 75.7 Å². The SMILES string of the molecule is Cc1nn(-c2ccc(Nc3ccc(NC(=O)C(C)n4cccn4)cc3)nn2)c(C)c1C. The molecule has 3 aromatic heterocycles. The fourth-order valence-electron chi connectivity index (χ4n) is 3.11. The van der Waals surface area contributed by atoms with Gasteiger partial charge >= 0.3 is 0 Å². The Morgan fingerprint density at radius 3 is 2.32 bits per heavy atom. The maximum atomic E-state index is 12.4. The van der Waals surface area contributed by atoms with E-state index < -0.39 is 6.04 Å². The highest BCUT2D eigenvalue weighted by Crippen LogP contribution is 2.20. The van der Waals surface area contributed by atoms with Crippen LogP contribution >= 0.6 is 0 Å². The van der Waals surface area contributed by atoms with E-state index in [-0.39, 0.29) is 5.91 Å². The molecule has 4 aromatic rings. The van der Waals surface area contributed by atoms with Crippen LogP contribution < -0.4 is 10.6 Å². The van der Waals surface area contributed by atoms with Crippen LogP contribution in [0.2, 0.25) is 0 Å². The number of nitrogens with one attached hydrogen (secondary N) is 2. The third kappa shape index (κ3) is 4.30.